The van der Waals surface area contributed by atoms with Gasteiger partial charge < -0.3 is 24.4 Å². The molecule has 2 amide bonds. The summed E-state index contributed by atoms with van der Waals surface area (Å²) in [4.78, 5) is 29.0. The van der Waals surface area contributed by atoms with Gasteiger partial charge in [0.05, 0.1) is 31.4 Å². The zero-order valence-corrected chi connectivity index (χ0v) is 27.1. The van der Waals surface area contributed by atoms with Crippen LogP contribution in [0.3, 0.4) is 0 Å². The number of carbonyl (C=O) groups excluding carboxylic acids is 2. The van der Waals surface area contributed by atoms with E-state index in [1.54, 1.807) is 24.3 Å². The highest BCUT2D eigenvalue weighted by atomic mass is 32.2. The van der Waals surface area contributed by atoms with E-state index in [0.29, 0.717) is 24.5 Å². The van der Waals surface area contributed by atoms with Crippen molar-refractivity contribution in [3.05, 3.63) is 78.4 Å². The normalized spacial score (nSPS) is 12.5. The maximum atomic E-state index is 14.2. The van der Waals surface area contributed by atoms with Gasteiger partial charge in [-0.05, 0) is 68.7 Å². The standard InChI is InChI=1S/C33H43N3O7S/c1-7-24(4)34-33(38)29(8-2)35(22-25-13-11-10-12-14-25)32(37)23-36(26-15-17-27(18-16-26)43-9-3)44(39,40)28-19-20-30(41-5)31(21-28)42-6/h10-21,24,29H,7-9,22-23H2,1-6H3,(H,34,38)/t24-,29+/m1/s1. The van der Waals surface area contributed by atoms with Crippen molar-refractivity contribution in [1.29, 1.82) is 0 Å². The van der Waals surface area contributed by atoms with E-state index in [-0.39, 0.29) is 34.8 Å². The molecular weight excluding hydrogens is 582 g/mol. The molecule has 0 saturated carbocycles. The van der Waals surface area contributed by atoms with Crippen molar-refractivity contribution in [2.75, 3.05) is 31.7 Å². The van der Waals surface area contributed by atoms with Crippen molar-refractivity contribution in [3.63, 3.8) is 0 Å². The molecule has 3 aromatic carbocycles. The molecule has 2 atom stereocenters. The number of benzene rings is 3. The lowest BCUT2D eigenvalue weighted by molar-refractivity contribution is -0.140. The first-order valence-electron chi connectivity index (χ1n) is 14.7. The number of methoxy groups -OCH3 is 2. The van der Waals surface area contributed by atoms with E-state index < -0.39 is 28.5 Å². The summed E-state index contributed by atoms with van der Waals surface area (Å²) in [6.45, 7) is 7.56. The van der Waals surface area contributed by atoms with E-state index in [9.17, 15) is 18.0 Å². The number of carbonyl (C=O) groups is 2. The van der Waals surface area contributed by atoms with Gasteiger partial charge in [0.15, 0.2) is 11.5 Å². The predicted molar refractivity (Wildman–Crippen MR) is 171 cm³/mol. The van der Waals surface area contributed by atoms with Crippen molar-refractivity contribution in [1.82, 2.24) is 10.2 Å². The molecule has 11 heteroatoms. The molecule has 0 fully saturated rings. The first-order valence-corrected chi connectivity index (χ1v) is 16.1. The van der Waals surface area contributed by atoms with Crippen LogP contribution in [0, 0.1) is 0 Å². The fourth-order valence-corrected chi connectivity index (χ4v) is 6.08. The van der Waals surface area contributed by atoms with E-state index in [2.05, 4.69) is 5.32 Å². The smallest absolute Gasteiger partial charge is 0.264 e. The average molecular weight is 626 g/mol. The third kappa shape index (κ3) is 8.43. The average Bonchev–Trinajstić information content (AvgIpc) is 3.03. The van der Waals surface area contributed by atoms with Crippen molar-refractivity contribution >= 4 is 27.5 Å². The molecule has 0 aromatic heterocycles. The number of anilines is 1. The highest BCUT2D eigenvalue weighted by Gasteiger charge is 2.34. The summed E-state index contributed by atoms with van der Waals surface area (Å²) in [6.07, 6.45) is 1.07. The summed E-state index contributed by atoms with van der Waals surface area (Å²) in [5, 5.41) is 2.98. The van der Waals surface area contributed by atoms with E-state index in [4.69, 9.17) is 14.2 Å². The van der Waals surface area contributed by atoms with Crippen LogP contribution in [0.1, 0.15) is 46.1 Å². The maximum absolute atomic E-state index is 14.2. The molecule has 238 valence electrons. The van der Waals surface area contributed by atoms with Crippen molar-refractivity contribution in [2.24, 2.45) is 0 Å². The van der Waals surface area contributed by atoms with E-state index in [1.807, 2.05) is 58.0 Å². The highest BCUT2D eigenvalue weighted by Crippen LogP contribution is 2.33. The zero-order chi connectivity index (χ0) is 32.3. The van der Waals surface area contributed by atoms with Crippen LogP contribution >= 0.6 is 0 Å². The van der Waals surface area contributed by atoms with Crippen LogP contribution in [0.15, 0.2) is 77.7 Å². The third-order valence-corrected chi connectivity index (χ3v) is 9.01. The summed E-state index contributed by atoms with van der Waals surface area (Å²) in [7, 11) is -1.43. The number of ether oxygens (including phenoxy) is 3. The predicted octanol–water partition coefficient (Wildman–Crippen LogP) is 5.02. The Labute approximate surface area is 261 Å². The Hall–Kier alpha value is -4.25. The minimum atomic E-state index is -4.30. The van der Waals surface area contributed by atoms with Gasteiger partial charge in [-0.3, -0.25) is 13.9 Å². The first-order chi connectivity index (χ1) is 21.1. The van der Waals surface area contributed by atoms with Crippen LogP contribution in [-0.2, 0) is 26.2 Å². The van der Waals surface area contributed by atoms with Gasteiger partial charge in [0.25, 0.3) is 10.0 Å². The fourth-order valence-electron chi connectivity index (χ4n) is 4.65. The Kier molecular flexibility index (Phi) is 12.5. The van der Waals surface area contributed by atoms with E-state index in [1.165, 1.54) is 37.3 Å². The molecule has 44 heavy (non-hydrogen) atoms. The second-order valence-corrected chi connectivity index (χ2v) is 12.1. The molecule has 0 unspecified atom stereocenters. The lowest BCUT2D eigenvalue weighted by atomic mass is 10.1. The van der Waals surface area contributed by atoms with E-state index >= 15 is 0 Å². The highest BCUT2D eigenvalue weighted by molar-refractivity contribution is 7.92. The molecule has 0 spiro atoms. The molecule has 1 N–H and O–H groups in total. The summed E-state index contributed by atoms with van der Waals surface area (Å²) in [5.74, 6) is 0.330. The minimum Gasteiger partial charge on any atom is -0.494 e. The largest absolute Gasteiger partial charge is 0.494 e. The van der Waals surface area contributed by atoms with Crippen molar-refractivity contribution in [3.8, 4) is 17.2 Å². The van der Waals surface area contributed by atoms with Gasteiger partial charge in [0.1, 0.15) is 18.3 Å². The van der Waals surface area contributed by atoms with Crippen LogP contribution in [0.2, 0.25) is 0 Å². The maximum Gasteiger partial charge on any atom is 0.264 e. The van der Waals surface area contributed by atoms with Gasteiger partial charge in [-0.1, -0.05) is 44.2 Å². The molecule has 0 saturated heterocycles. The summed E-state index contributed by atoms with van der Waals surface area (Å²) < 4.78 is 45.7. The number of nitrogens with one attached hydrogen (secondary N) is 1. The topological polar surface area (TPSA) is 114 Å². The van der Waals surface area contributed by atoms with Gasteiger partial charge in [-0.2, -0.15) is 0 Å². The van der Waals surface area contributed by atoms with E-state index in [0.717, 1.165) is 16.3 Å². The minimum absolute atomic E-state index is 0.0870. The SMILES string of the molecule is CCOc1ccc(N(CC(=O)N(Cc2ccccc2)[C@@H](CC)C(=O)N[C@H](C)CC)S(=O)(=O)c2ccc(OC)c(OC)c2)cc1. The van der Waals surface area contributed by atoms with Gasteiger partial charge in [0.2, 0.25) is 11.8 Å². The number of sulfonamides is 1. The quantitative estimate of drug-likeness (QED) is 0.238. The molecule has 0 radical (unpaired) electrons. The Balaban J connectivity index is 2.10. The Morgan fingerprint density at radius 3 is 2.09 bits per heavy atom. The van der Waals surface area contributed by atoms with Gasteiger partial charge in [-0.15, -0.1) is 0 Å². The van der Waals surface area contributed by atoms with Crippen molar-refractivity contribution in [2.45, 2.75) is 64.1 Å². The molecule has 0 aliphatic carbocycles. The number of amides is 2. The summed E-state index contributed by atoms with van der Waals surface area (Å²) in [5.41, 5.74) is 1.07. The molecule has 0 heterocycles. The zero-order valence-electron chi connectivity index (χ0n) is 26.3. The van der Waals surface area contributed by atoms with Crippen LogP contribution in [-0.4, -0.2) is 64.6 Å². The lowest BCUT2D eigenvalue weighted by Gasteiger charge is -2.33. The number of hydrogen-bond donors (Lipinski definition) is 1. The summed E-state index contributed by atoms with van der Waals surface area (Å²) >= 11 is 0. The summed E-state index contributed by atoms with van der Waals surface area (Å²) in [6, 6.07) is 19.1. The first kappa shape index (κ1) is 34.2. The van der Waals surface area contributed by atoms with Crippen LogP contribution in [0.5, 0.6) is 17.2 Å². The Morgan fingerprint density at radius 2 is 1.52 bits per heavy atom. The number of hydrogen-bond acceptors (Lipinski definition) is 7. The lowest BCUT2D eigenvalue weighted by Crippen LogP contribution is -2.53. The molecule has 0 aliphatic heterocycles. The van der Waals surface area contributed by atoms with Crippen LogP contribution in [0.4, 0.5) is 5.69 Å². The van der Waals surface area contributed by atoms with Crippen LogP contribution < -0.4 is 23.8 Å². The number of nitrogens with zero attached hydrogens (tertiary/aromatic N) is 2. The monoisotopic (exact) mass is 625 g/mol. The van der Waals surface area contributed by atoms with Crippen LogP contribution in [0.25, 0.3) is 0 Å². The Bertz CT molecular complexity index is 1480. The molecule has 0 aliphatic rings. The second kappa shape index (κ2) is 16.0. The molecule has 3 aromatic rings. The number of rotatable bonds is 16. The van der Waals surface area contributed by atoms with Crippen molar-refractivity contribution < 1.29 is 32.2 Å². The second-order valence-electron chi connectivity index (χ2n) is 10.2. The molecule has 3 rings (SSSR count). The third-order valence-electron chi connectivity index (χ3n) is 7.24. The molecule has 0 bridgehead atoms. The fraction of sp³-hybridized carbons (Fsp3) is 0.394. The Morgan fingerprint density at radius 1 is 0.864 bits per heavy atom. The van der Waals surface area contributed by atoms with Gasteiger partial charge >= 0.3 is 0 Å². The molecule has 10 nitrogen and oxygen atoms in total. The van der Waals surface area contributed by atoms with Gasteiger partial charge in [-0.25, -0.2) is 8.42 Å². The molecular formula is C33H43N3O7S. The van der Waals surface area contributed by atoms with Gasteiger partial charge in [0, 0.05) is 18.7 Å².